The van der Waals surface area contributed by atoms with E-state index in [0.29, 0.717) is 52.9 Å². The average Bonchev–Trinajstić information content (AvgIpc) is 3.57. The largest absolute Gasteiger partial charge is 0.338 e. The number of piperidine rings is 1. The Balaban J connectivity index is 1.28. The summed E-state index contributed by atoms with van der Waals surface area (Å²) in [7, 11) is 0. The number of pyridine rings is 1. The lowest BCUT2D eigenvalue weighted by atomic mass is 9.86. The molecule has 0 aliphatic carbocycles. The van der Waals surface area contributed by atoms with E-state index in [0.717, 1.165) is 54.1 Å². The van der Waals surface area contributed by atoms with Gasteiger partial charge in [0.15, 0.2) is 17.5 Å². The highest BCUT2D eigenvalue weighted by Crippen LogP contribution is 2.35. The molecule has 0 radical (unpaired) electrons. The smallest absolute Gasteiger partial charge is 0.240 e. The van der Waals surface area contributed by atoms with Crippen molar-refractivity contribution in [2.24, 2.45) is 0 Å². The molecular weight excluding hydrogens is 531 g/mol. The molecule has 0 unspecified atom stereocenters. The second-order valence-electron chi connectivity index (χ2n) is 10.8. The van der Waals surface area contributed by atoms with Crippen LogP contribution in [0.5, 0.6) is 0 Å². The van der Waals surface area contributed by atoms with E-state index in [1.54, 1.807) is 6.07 Å². The van der Waals surface area contributed by atoms with Crippen LogP contribution in [0.1, 0.15) is 79.5 Å². The molecule has 11 heteroatoms. The van der Waals surface area contributed by atoms with Crippen molar-refractivity contribution in [3.63, 3.8) is 0 Å². The van der Waals surface area contributed by atoms with Gasteiger partial charge in [0, 0.05) is 17.7 Å². The Morgan fingerprint density at radius 2 is 1.88 bits per heavy atom. The molecule has 4 heterocycles. The van der Waals surface area contributed by atoms with Crippen molar-refractivity contribution in [2.75, 3.05) is 23.7 Å². The first kappa shape index (κ1) is 28.0. The maximum Gasteiger partial charge on any atom is 0.240 e. The number of benzene rings is 1. The van der Waals surface area contributed by atoms with Gasteiger partial charge in [0.25, 0.3) is 0 Å². The summed E-state index contributed by atoms with van der Waals surface area (Å²) >= 11 is 6.49. The summed E-state index contributed by atoms with van der Waals surface area (Å²) in [4.78, 5) is 11.5. The van der Waals surface area contributed by atoms with Gasteiger partial charge in [0.05, 0.1) is 17.3 Å². The van der Waals surface area contributed by atoms with Gasteiger partial charge in [-0.25, -0.2) is 9.37 Å². The number of rotatable bonds is 9. The maximum absolute atomic E-state index is 15.5. The number of likely N-dealkylation sites (tertiary alicyclic amines) is 1. The first-order chi connectivity index (χ1) is 19.2. The maximum atomic E-state index is 15.5. The topological polar surface area (TPSA) is 108 Å². The number of aryl methyl sites for hydroxylation is 3. The molecule has 1 fully saturated rings. The quantitative estimate of drug-likeness (QED) is 0.196. The zero-order valence-electron chi connectivity index (χ0n) is 23.6. The van der Waals surface area contributed by atoms with Crippen LogP contribution in [0.2, 0.25) is 5.02 Å². The molecule has 0 amide bonds. The molecule has 1 aromatic carbocycles. The molecule has 3 N–H and O–H groups in total. The summed E-state index contributed by atoms with van der Waals surface area (Å²) in [6, 6.07) is 7.27. The fourth-order valence-electron chi connectivity index (χ4n) is 5.12. The molecular formula is C29H36ClFN8O. The van der Waals surface area contributed by atoms with Crippen LogP contribution in [0.25, 0.3) is 0 Å². The van der Waals surface area contributed by atoms with Gasteiger partial charge in [0.1, 0.15) is 11.6 Å². The Morgan fingerprint density at radius 3 is 2.52 bits per heavy atom. The SMILES string of the molecule is CCc1cc(Cl)c(Nc2cc(C)[nH]n2)nc1Nc1cc(C)c(C2CCN(Cc3nc(C(C)C)no3)CC2)cc1F. The molecule has 1 aliphatic heterocycles. The molecule has 212 valence electrons. The number of H-pyrrole nitrogens is 1. The van der Waals surface area contributed by atoms with Gasteiger partial charge in [0.2, 0.25) is 5.89 Å². The molecule has 5 rings (SSSR count). The summed E-state index contributed by atoms with van der Waals surface area (Å²) in [6.07, 6.45) is 2.58. The predicted octanol–water partition coefficient (Wildman–Crippen LogP) is 7.15. The molecule has 1 aliphatic rings. The van der Waals surface area contributed by atoms with E-state index in [1.165, 1.54) is 0 Å². The second-order valence-corrected chi connectivity index (χ2v) is 11.2. The highest BCUT2D eigenvalue weighted by atomic mass is 35.5. The third-order valence-electron chi connectivity index (χ3n) is 7.38. The number of aromatic nitrogens is 5. The summed E-state index contributed by atoms with van der Waals surface area (Å²) < 4.78 is 20.9. The van der Waals surface area contributed by atoms with Crippen LogP contribution < -0.4 is 10.6 Å². The van der Waals surface area contributed by atoms with Crippen molar-refractivity contribution in [3.05, 3.63) is 69.2 Å². The van der Waals surface area contributed by atoms with Gasteiger partial charge in [-0.15, -0.1) is 0 Å². The summed E-state index contributed by atoms with van der Waals surface area (Å²) in [5.41, 5.74) is 4.31. The number of nitrogens with one attached hydrogen (secondary N) is 3. The molecule has 3 aromatic heterocycles. The van der Waals surface area contributed by atoms with Crippen molar-refractivity contribution < 1.29 is 8.91 Å². The average molecular weight is 567 g/mol. The van der Waals surface area contributed by atoms with Crippen molar-refractivity contribution in [3.8, 4) is 0 Å². The Bertz CT molecular complexity index is 1470. The van der Waals surface area contributed by atoms with Gasteiger partial charge in [-0.2, -0.15) is 10.1 Å². The highest BCUT2D eigenvalue weighted by molar-refractivity contribution is 6.33. The second kappa shape index (κ2) is 11.9. The summed E-state index contributed by atoms with van der Waals surface area (Å²) in [6.45, 7) is 12.5. The standard InChI is InChI=1S/C29H36ClFN8O/c1-6-19-13-22(30)29(33-25-12-18(5)36-37-25)35-28(19)32-24-11-17(4)21(14-23(24)31)20-7-9-39(10-8-20)15-26-34-27(16(2)3)38-40-26/h11-14,16,20H,6-10,15H2,1-5H3,(H3,32,33,35,36,37). The number of halogens is 2. The van der Waals surface area contributed by atoms with Crippen LogP contribution in [-0.2, 0) is 13.0 Å². The fraction of sp³-hybridized carbons (Fsp3) is 0.448. The number of hydrogen-bond acceptors (Lipinski definition) is 8. The lowest BCUT2D eigenvalue weighted by molar-refractivity contribution is 0.180. The Hall–Kier alpha value is -3.50. The molecule has 4 aromatic rings. The first-order valence-corrected chi connectivity index (χ1v) is 14.2. The van der Waals surface area contributed by atoms with Gasteiger partial charge in [-0.05, 0) is 87.0 Å². The minimum absolute atomic E-state index is 0.243. The zero-order chi connectivity index (χ0) is 28.4. The van der Waals surface area contributed by atoms with E-state index in [-0.39, 0.29) is 11.7 Å². The third kappa shape index (κ3) is 6.28. The van der Waals surface area contributed by atoms with E-state index in [1.807, 2.05) is 39.0 Å². The van der Waals surface area contributed by atoms with Crippen LogP contribution in [0.15, 0.2) is 28.8 Å². The minimum Gasteiger partial charge on any atom is -0.338 e. The summed E-state index contributed by atoms with van der Waals surface area (Å²) in [5, 5.41) is 18.0. The van der Waals surface area contributed by atoms with Crippen molar-refractivity contribution in [1.29, 1.82) is 0 Å². The van der Waals surface area contributed by atoms with E-state index in [4.69, 9.17) is 16.1 Å². The number of hydrogen-bond donors (Lipinski definition) is 3. The Kier molecular flexibility index (Phi) is 8.37. The van der Waals surface area contributed by atoms with Crippen molar-refractivity contribution in [2.45, 2.75) is 72.3 Å². The molecule has 0 atom stereocenters. The molecule has 0 bridgehead atoms. The van der Waals surface area contributed by atoms with Crippen molar-refractivity contribution in [1.82, 2.24) is 30.2 Å². The molecule has 9 nitrogen and oxygen atoms in total. The monoisotopic (exact) mass is 566 g/mol. The van der Waals surface area contributed by atoms with Crippen molar-refractivity contribution >= 4 is 34.7 Å². The predicted molar refractivity (Wildman–Crippen MR) is 155 cm³/mol. The molecule has 0 spiro atoms. The Morgan fingerprint density at radius 1 is 1.10 bits per heavy atom. The van der Waals surface area contributed by atoms with Gasteiger partial charge in [-0.3, -0.25) is 10.00 Å². The van der Waals surface area contributed by atoms with E-state index in [9.17, 15) is 0 Å². The van der Waals surface area contributed by atoms with Gasteiger partial charge >= 0.3 is 0 Å². The first-order valence-electron chi connectivity index (χ1n) is 13.8. The molecule has 1 saturated heterocycles. The van der Waals surface area contributed by atoms with E-state index in [2.05, 4.69) is 54.7 Å². The van der Waals surface area contributed by atoms with Crippen LogP contribution in [0, 0.1) is 19.7 Å². The minimum atomic E-state index is -0.300. The highest BCUT2D eigenvalue weighted by Gasteiger charge is 2.25. The summed E-state index contributed by atoms with van der Waals surface area (Å²) in [5.74, 6) is 3.25. The number of aromatic amines is 1. The normalized spacial score (nSPS) is 14.7. The van der Waals surface area contributed by atoms with E-state index < -0.39 is 0 Å². The number of nitrogens with zero attached hydrogens (tertiary/aromatic N) is 5. The molecule has 40 heavy (non-hydrogen) atoms. The van der Waals surface area contributed by atoms with Gasteiger partial charge < -0.3 is 15.2 Å². The lowest BCUT2D eigenvalue weighted by Crippen LogP contribution is -2.32. The zero-order valence-corrected chi connectivity index (χ0v) is 24.4. The fourth-order valence-corrected chi connectivity index (χ4v) is 5.34. The molecule has 0 saturated carbocycles. The lowest BCUT2D eigenvalue weighted by Gasteiger charge is -2.32. The third-order valence-corrected chi connectivity index (χ3v) is 7.67. The van der Waals surface area contributed by atoms with Crippen LogP contribution >= 0.6 is 11.6 Å². The Labute approximate surface area is 238 Å². The van der Waals surface area contributed by atoms with Crippen LogP contribution in [-0.4, -0.2) is 43.3 Å². The van der Waals surface area contributed by atoms with E-state index >= 15 is 4.39 Å². The van der Waals surface area contributed by atoms with Crippen LogP contribution in [0.3, 0.4) is 0 Å². The number of anilines is 4. The van der Waals surface area contributed by atoms with Gasteiger partial charge in [-0.1, -0.05) is 37.5 Å². The van der Waals surface area contributed by atoms with Crippen LogP contribution in [0.4, 0.5) is 27.5 Å².